The number of nitrogens with one attached hydrogen (secondary N) is 3. The SMILES string of the molecule is NC(=O)/C=C/CC[C@H](NC(=O)O)C(=O)Nc1cccn(Cc2cc3cccc(OCc4ccc(F)cc4F)c3[nH]2)c1=O. The van der Waals surface area contributed by atoms with Crippen LogP contribution in [0.3, 0.4) is 0 Å². The van der Waals surface area contributed by atoms with Crippen molar-refractivity contribution < 1.29 is 33.0 Å². The van der Waals surface area contributed by atoms with Gasteiger partial charge < -0.3 is 35.8 Å². The second-order valence-corrected chi connectivity index (χ2v) is 9.27. The van der Waals surface area contributed by atoms with Gasteiger partial charge in [-0.3, -0.25) is 14.4 Å². The molecular weight excluding hydrogens is 552 g/mol. The molecule has 42 heavy (non-hydrogen) atoms. The van der Waals surface area contributed by atoms with E-state index in [1.807, 2.05) is 12.1 Å². The van der Waals surface area contributed by atoms with Crippen LogP contribution in [0.15, 0.2) is 77.7 Å². The number of hydrogen-bond acceptors (Lipinski definition) is 5. The molecule has 3 amide bonds. The van der Waals surface area contributed by atoms with E-state index in [1.165, 1.54) is 29.0 Å². The third-order valence-corrected chi connectivity index (χ3v) is 6.21. The van der Waals surface area contributed by atoms with Crippen molar-refractivity contribution in [2.75, 3.05) is 5.32 Å². The molecule has 4 rings (SSSR count). The number of halogens is 2. The zero-order valence-corrected chi connectivity index (χ0v) is 22.1. The Morgan fingerprint density at radius 1 is 1.12 bits per heavy atom. The molecule has 0 aliphatic rings. The number of para-hydroxylation sites is 1. The zero-order chi connectivity index (χ0) is 30.2. The summed E-state index contributed by atoms with van der Waals surface area (Å²) in [6, 6.07) is 12.1. The molecule has 0 spiro atoms. The van der Waals surface area contributed by atoms with Gasteiger partial charge in [-0.15, -0.1) is 0 Å². The van der Waals surface area contributed by atoms with Crippen LogP contribution >= 0.6 is 0 Å². The van der Waals surface area contributed by atoms with Gasteiger partial charge in [0.1, 0.15) is 35.7 Å². The number of rotatable bonds is 12. The number of ether oxygens (including phenoxy) is 1. The maximum Gasteiger partial charge on any atom is 0.405 e. The van der Waals surface area contributed by atoms with Gasteiger partial charge in [-0.1, -0.05) is 18.2 Å². The second kappa shape index (κ2) is 13.3. The highest BCUT2D eigenvalue weighted by Gasteiger charge is 2.21. The Balaban J connectivity index is 1.48. The van der Waals surface area contributed by atoms with Crippen molar-refractivity contribution in [2.45, 2.75) is 32.0 Å². The Bertz CT molecular complexity index is 1710. The van der Waals surface area contributed by atoms with Crippen LogP contribution in [0.5, 0.6) is 5.75 Å². The number of carbonyl (C=O) groups is 3. The Morgan fingerprint density at radius 2 is 1.93 bits per heavy atom. The fourth-order valence-electron chi connectivity index (χ4n) is 4.23. The van der Waals surface area contributed by atoms with Crippen LogP contribution in [-0.4, -0.2) is 38.6 Å². The molecule has 11 nitrogen and oxygen atoms in total. The van der Waals surface area contributed by atoms with Crippen molar-refractivity contribution in [2.24, 2.45) is 5.73 Å². The number of carbonyl (C=O) groups excluding carboxylic acids is 2. The molecule has 0 aliphatic carbocycles. The first-order valence-corrected chi connectivity index (χ1v) is 12.7. The van der Waals surface area contributed by atoms with E-state index in [-0.39, 0.29) is 37.2 Å². The summed E-state index contributed by atoms with van der Waals surface area (Å²) in [5.74, 6) is -2.39. The lowest BCUT2D eigenvalue weighted by Gasteiger charge is -2.16. The summed E-state index contributed by atoms with van der Waals surface area (Å²) in [4.78, 5) is 51.1. The summed E-state index contributed by atoms with van der Waals surface area (Å²) in [5, 5.41) is 14.4. The molecule has 0 fully saturated rings. The summed E-state index contributed by atoms with van der Waals surface area (Å²) in [5.41, 5.74) is 5.87. The number of nitrogens with zero attached hydrogens (tertiary/aromatic N) is 1. The van der Waals surface area contributed by atoms with Crippen molar-refractivity contribution >= 4 is 34.5 Å². The largest absolute Gasteiger partial charge is 0.487 e. The first kappa shape index (κ1) is 29.5. The van der Waals surface area contributed by atoms with Crippen LogP contribution < -0.4 is 26.7 Å². The van der Waals surface area contributed by atoms with Crippen LogP contribution in [-0.2, 0) is 22.7 Å². The molecule has 0 aliphatic heterocycles. The van der Waals surface area contributed by atoms with E-state index in [1.54, 1.807) is 18.2 Å². The van der Waals surface area contributed by atoms with Crippen LogP contribution in [0.2, 0.25) is 0 Å². The molecule has 2 aromatic carbocycles. The number of aromatic amines is 1. The normalized spacial score (nSPS) is 11.9. The van der Waals surface area contributed by atoms with E-state index in [4.69, 9.17) is 15.6 Å². The highest BCUT2D eigenvalue weighted by molar-refractivity contribution is 5.96. The first-order chi connectivity index (χ1) is 20.1. The molecule has 2 aromatic heterocycles. The third kappa shape index (κ3) is 7.59. The Labute approximate surface area is 237 Å². The first-order valence-electron chi connectivity index (χ1n) is 12.7. The maximum absolute atomic E-state index is 14.0. The molecule has 0 bridgehead atoms. The zero-order valence-electron chi connectivity index (χ0n) is 22.1. The van der Waals surface area contributed by atoms with E-state index in [0.29, 0.717) is 17.0 Å². The number of carboxylic acid groups (broad SMARTS) is 1. The quantitative estimate of drug-likeness (QED) is 0.161. The van der Waals surface area contributed by atoms with Gasteiger partial charge in [0, 0.05) is 28.9 Å². The fourth-order valence-corrected chi connectivity index (χ4v) is 4.23. The Kier molecular flexibility index (Phi) is 9.32. The van der Waals surface area contributed by atoms with Crippen molar-refractivity contribution in [1.82, 2.24) is 14.9 Å². The number of amides is 3. The molecule has 6 N–H and O–H groups in total. The molecule has 2 heterocycles. The topological polar surface area (TPSA) is 169 Å². The van der Waals surface area contributed by atoms with Gasteiger partial charge in [0.05, 0.1) is 12.1 Å². The standard InChI is InChI=1S/C29H27F2N5O6/c30-19-11-10-18(21(31)14-19)16-42-24-8-3-5-17-13-20(33-26(17)24)15-36-12-4-7-23(28(36)39)34-27(38)22(35-29(40)41)6-1-2-9-25(32)37/h2-5,7-14,22,33,35H,1,6,15-16H2,(H2,32,37)(H,34,38)(H,40,41)/b9-2+/t22-/m0/s1. The van der Waals surface area contributed by atoms with Crippen LogP contribution in [0.1, 0.15) is 24.1 Å². The highest BCUT2D eigenvalue weighted by atomic mass is 19.1. The van der Waals surface area contributed by atoms with Crippen LogP contribution in [0.4, 0.5) is 19.3 Å². The molecule has 218 valence electrons. The average Bonchev–Trinajstić information content (AvgIpc) is 3.35. The number of aromatic nitrogens is 2. The summed E-state index contributed by atoms with van der Waals surface area (Å²) in [7, 11) is 0. The molecule has 0 saturated heterocycles. The van der Waals surface area contributed by atoms with Gasteiger partial charge in [-0.2, -0.15) is 0 Å². The minimum absolute atomic E-state index is 0.0240. The van der Waals surface area contributed by atoms with E-state index < -0.39 is 41.1 Å². The molecule has 4 aromatic rings. The molecule has 0 radical (unpaired) electrons. The van der Waals surface area contributed by atoms with E-state index in [0.717, 1.165) is 23.6 Å². The number of primary amides is 1. The van der Waals surface area contributed by atoms with E-state index >= 15 is 0 Å². The van der Waals surface area contributed by atoms with Crippen LogP contribution in [0, 0.1) is 11.6 Å². The maximum atomic E-state index is 14.0. The average molecular weight is 580 g/mol. The van der Waals surface area contributed by atoms with Gasteiger partial charge in [-0.25, -0.2) is 13.6 Å². The minimum Gasteiger partial charge on any atom is -0.487 e. The minimum atomic E-state index is -1.43. The Morgan fingerprint density at radius 3 is 2.67 bits per heavy atom. The molecule has 13 heteroatoms. The summed E-state index contributed by atoms with van der Waals surface area (Å²) in [6.07, 6.45) is 2.83. The number of H-pyrrole nitrogens is 1. The summed E-state index contributed by atoms with van der Waals surface area (Å²) < 4.78 is 34.4. The van der Waals surface area contributed by atoms with E-state index in [9.17, 15) is 28.0 Å². The molecule has 1 atom stereocenters. The summed E-state index contributed by atoms with van der Waals surface area (Å²) in [6.45, 7) is -0.0298. The lowest BCUT2D eigenvalue weighted by Crippen LogP contribution is -2.44. The lowest BCUT2D eigenvalue weighted by atomic mass is 10.1. The van der Waals surface area contributed by atoms with Crippen molar-refractivity contribution in [3.63, 3.8) is 0 Å². The predicted molar refractivity (Wildman–Crippen MR) is 150 cm³/mol. The van der Waals surface area contributed by atoms with Gasteiger partial charge >= 0.3 is 6.09 Å². The van der Waals surface area contributed by atoms with Gasteiger partial charge in [0.2, 0.25) is 11.8 Å². The number of nitrogens with two attached hydrogens (primary N) is 1. The fraction of sp³-hybridized carbons (Fsp3) is 0.172. The molecule has 0 saturated carbocycles. The van der Waals surface area contributed by atoms with Gasteiger partial charge in [0.15, 0.2) is 0 Å². The third-order valence-electron chi connectivity index (χ3n) is 6.21. The number of fused-ring (bicyclic) bond motifs is 1. The van der Waals surface area contributed by atoms with Crippen LogP contribution in [0.25, 0.3) is 10.9 Å². The van der Waals surface area contributed by atoms with Gasteiger partial charge in [0.25, 0.3) is 5.56 Å². The lowest BCUT2D eigenvalue weighted by molar-refractivity contribution is -0.118. The highest BCUT2D eigenvalue weighted by Crippen LogP contribution is 2.27. The van der Waals surface area contributed by atoms with Gasteiger partial charge in [-0.05, 0) is 55.3 Å². The van der Waals surface area contributed by atoms with Crippen molar-refractivity contribution in [3.8, 4) is 5.75 Å². The molecule has 0 unspecified atom stereocenters. The molecular formula is C29H27F2N5O6. The number of allylic oxidation sites excluding steroid dienone is 1. The Hall–Kier alpha value is -5.46. The van der Waals surface area contributed by atoms with E-state index in [2.05, 4.69) is 15.6 Å². The number of pyridine rings is 1. The predicted octanol–water partition coefficient (Wildman–Crippen LogP) is 3.63. The summed E-state index contributed by atoms with van der Waals surface area (Å²) >= 11 is 0. The number of hydrogen-bond donors (Lipinski definition) is 5. The van der Waals surface area contributed by atoms with Crippen molar-refractivity contribution in [1.29, 1.82) is 0 Å². The van der Waals surface area contributed by atoms with Crippen molar-refractivity contribution in [3.05, 3.63) is 106 Å². The second-order valence-electron chi connectivity index (χ2n) is 9.27. The number of anilines is 1. The monoisotopic (exact) mass is 579 g/mol. The smallest absolute Gasteiger partial charge is 0.405 e. The number of benzene rings is 2.